The van der Waals surface area contributed by atoms with E-state index >= 15 is 0 Å². The molecule has 0 radical (unpaired) electrons. The standard InChI is InChI=1S/C16H22ClN3O4S/c1-10(2)14(19-15(21)11-3-5-12(17)6-4-11)16(22)20-8-7-13(9-20)25(18,23)24/h3-6,10,13-14H,7-9H2,1-2H3,(H,19,21)(H2,18,23,24)/t13-,14+/m0/s1. The lowest BCUT2D eigenvalue weighted by molar-refractivity contribution is -0.133. The fraction of sp³-hybridized carbons (Fsp3) is 0.500. The second kappa shape index (κ2) is 7.72. The molecule has 2 atom stereocenters. The first-order chi connectivity index (χ1) is 11.6. The summed E-state index contributed by atoms with van der Waals surface area (Å²) in [5.41, 5.74) is 0.395. The van der Waals surface area contributed by atoms with Crippen LogP contribution in [0.5, 0.6) is 0 Å². The first-order valence-electron chi connectivity index (χ1n) is 7.96. The first-order valence-corrected chi connectivity index (χ1v) is 9.95. The van der Waals surface area contributed by atoms with E-state index in [1.54, 1.807) is 24.3 Å². The lowest BCUT2D eigenvalue weighted by Crippen LogP contribution is -2.51. The van der Waals surface area contributed by atoms with Crippen molar-refractivity contribution in [2.75, 3.05) is 13.1 Å². The van der Waals surface area contributed by atoms with E-state index in [1.807, 2.05) is 13.8 Å². The van der Waals surface area contributed by atoms with Crippen LogP contribution in [0.15, 0.2) is 24.3 Å². The maximum Gasteiger partial charge on any atom is 0.251 e. The smallest absolute Gasteiger partial charge is 0.251 e. The molecule has 1 heterocycles. The van der Waals surface area contributed by atoms with Crippen molar-refractivity contribution in [1.29, 1.82) is 0 Å². The van der Waals surface area contributed by atoms with Gasteiger partial charge in [0, 0.05) is 23.7 Å². The van der Waals surface area contributed by atoms with E-state index in [0.717, 1.165) is 0 Å². The third-order valence-corrected chi connectivity index (χ3v) is 5.81. The Kier molecular flexibility index (Phi) is 6.08. The van der Waals surface area contributed by atoms with Gasteiger partial charge in [0.15, 0.2) is 0 Å². The summed E-state index contributed by atoms with van der Waals surface area (Å²) < 4.78 is 22.9. The molecule has 1 aromatic rings. The van der Waals surface area contributed by atoms with Crippen LogP contribution in [-0.2, 0) is 14.8 Å². The molecule has 0 aromatic heterocycles. The van der Waals surface area contributed by atoms with Crippen LogP contribution in [0.2, 0.25) is 5.02 Å². The molecule has 138 valence electrons. The van der Waals surface area contributed by atoms with Gasteiger partial charge in [0.25, 0.3) is 5.91 Å². The molecule has 1 saturated heterocycles. The van der Waals surface area contributed by atoms with Gasteiger partial charge >= 0.3 is 0 Å². The first kappa shape index (κ1) is 19.7. The Morgan fingerprint density at radius 1 is 1.28 bits per heavy atom. The number of rotatable bonds is 5. The van der Waals surface area contributed by atoms with Gasteiger partial charge in [0.05, 0.1) is 5.25 Å². The van der Waals surface area contributed by atoms with Crippen molar-refractivity contribution >= 4 is 33.4 Å². The highest BCUT2D eigenvalue weighted by atomic mass is 35.5. The molecule has 0 unspecified atom stereocenters. The van der Waals surface area contributed by atoms with Crippen LogP contribution in [0.3, 0.4) is 0 Å². The summed E-state index contributed by atoms with van der Waals surface area (Å²) in [6.45, 7) is 3.99. The van der Waals surface area contributed by atoms with E-state index in [1.165, 1.54) is 4.90 Å². The van der Waals surface area contributed by atoms with Crippen molar-refractivity contribution in [2.24, 2.45) is 11.1 Å². The molecule has 0 saturated carbocycles. The number of likely N-dealkylation sites (tertiary alicyclic amines) is 1. The van der Waals surface area contributed by atoms with Gasteiger partial charge in [-0.2, -0.15) is 0 Å². The Morgan fingerprint density at radius 3 is 2.36 bits per heavy atom. The number of sulfonamides is 1. The van der Waals surface area contributed by atoms with E-state index in [0.29, 0.717) is 23.6 Å². The van der Waals surface area contributed by atoms with Crippen molar-refractivity contribution in [3.63, 3.8) is 0 Å². The molecule has 0 aliphatic carbocycles. The van der Waals surface area contributed by atoms with Crippen LogP contribution >= 0.6 is 11.6 Å². The minimum atomic E-state index is -3.68. The van der Waals surface area contributed by atoms with Crippen molar-refractivity contribution in [2.45, 2.75) is 31.6 Å². The number of hydrogen-bond donors (Lipinski definition) is 2. The van der Waals surface area contributed by atoms with Crippen LogP contribution < -0.4 is 10.5 Å². The Morgan fingerprint density at radius 2 is 1.88 bits per heavy atom. The molecule has 7 nitrogen and oxygen atoms in total. The maximum absolute atomic E-state index is 12.7. The van der Waals surface area contributed by atoms with Crippen LogP contribution in [0, 0.1) is 5.92 Å². The molecule has 1 aliphatic heterocycles. The predicted octanol–water partition coefficient (Wildman–Crippen LogP) is 0.984. The highest BCUT2D eigenvalue weighted by Gasteiger charge is 2.37. The zero-order valence-electron chi connectivity index (χ0n) is 14.1. The quantitative estimate of drug-likeness (QED) is 0.784. The summed E-state index contributed by atoms with van der Waals surface area (Å²) in [6, 6.07) is 5.60. The van der Waals surface area contributed by atoms with E-state index < -0.39 is 21.3 Å². The average Bonchev–Trinajstić information content (AvgIpc) is 3.02. The number of amides is 2. The van der Waals surface area contributed by atoms with E-state index in [4.69, 9.17) is 16.7 Å². The number of carbonyl (C=O) groups excluding carboxylic acids is 2. The van der Waals surface area contributed by atoms with Gasteiger partial charge in [-0.1, -0.05) is 25.4 Å². The predicted molar refractivity (Wildman–Crippen MR) is 95.6 cm³/mol. The molecule has 2 rings (SSSR count). The van der Waals surface area contributed by atoms with E-state index in [9.17, 15) is 18.0 Å². The third-order valence-electron chi connectivity index (χ3n) is 4.25. The summed E-state index contributed by atoms with van der Waals surface area (Å²) in [6.07, 6.45) is 0.306. The van der Waals surface area contributed by atoms with Crippen molar-refractivity contribution in [3.05, 3.63) is 34.9 Å². The number of hydrogen-bond acceptors (Lipinski definition) is 4. The fourth-order valence-corrected chi connectivity index (χ4v) is 3.68. The fourth-order valence-electron chi connectivity index (χ4n) is 2.73. The monoisotopic (exact) mass is 387 g/mol. The lowest BCUT2D eigenvalue weighted by Gasteiger charge is -2.27. The lowest BCUT2D eigenvalue weighted by atomic mass is 10.0. The summed E-state index contributed by atoms with van der Waals surface area (Å²) in [5.74, 6) is -0.841. The number of halogens is 1. The minimum absolute atomic E-state index is 0.0533. The highest BCUT2D eigenvalue weighted by molar-refractivity contribution is 7.89. The number of carbonyl (C=O) groups is 2. The molecule has 1 fully saturated rings. The molecular formula is C16H22ClN3O4S. The molecule has 1 aliphatic rings. The molecule has 1 aromatic carbocycles. The van der Waals surface area contributed by atoms with Gasteiger partial charge in [-0.3, -0.25) is 9.59 Å². The average molecular weight is 388 g/mol. The number of benzene rings is 1. The Hall–Kier alpha value is -1.64. The Balaban J connectivity index is 2.09. The van der Waals surface area contributed by atoms with E-state index in [2.05, 4.69) is 5.32 Å². The molecule has 25 heavy (non-hydrogen) atoms. The third kappa shape index (κ3) is 4.93. The van der Waals surface area contributed by atoms with Gasteiger partial charge in [-0.05, 0) is 36.6 Å². The zero-order valence-corrected chi connectivity index (χ0v) is 15.7. The van der Waals surface area contributed by atoms with Gasteiger partial charge in [0.1, 0.15) is 6.04 Å². The minimum Gasteiger partial charge on any atom is -0.340 e. The second-order valence-electron chi connectivity index (χ2n) is 6.49. The SMILES string of the molecule is CC(C)[C@@H](NC(=O)c1ccc(Cl)cc1)C(=O)N1CC[C@H](S(N)(=O)=O)C1. The van der Waals surface area contributed by atoms with Crippen LogP contribution in [0.1, 0.15) is 30.6 Å². The molecule has 2 amide bonds. The largest absolute Gasteiger partial charge is 0.340 e. The van der Waals surface area contributed by atoms with E-state index in [-0.39, 0.29) is 24.3 Å². The van der Waals surface area contributed by atoms with Crippen LogP contribution in [0.4, 0.5) is 0 Å². The molecule has 3 N–H and O–H groups in total. The summed E-state index contributed by atoms with van der Waals surface area (Å²) in [7, 11) is -3.68. The molecule has 9 heteroatoms. The highest BCUT2D eigenvalue weighted by Crippen LogP contribution is 2.18. The Bertz CT molecular complexity index is 749. The summed E-state index contributed by atoms with van der Waals surface area (Å²) >= 11 is 5.81. The van der Waals surface area contributed by atoms with Gasteiger partial charge in [0.2, 0.25) is 15.9 Å². The summed E-state index contributed by atoms with van der Waals surface area (Å²) in [5, 5.41) is 7.65. The molecular weight excluding hydrogens is 366 g/mol. The van der Waals surface area contributed by atoms with Crippen LogP contribution in [-0.4, -0.2) is 49.5 Å². The van der Waals surface area contributed by atoms with Crippen LogP contribution in [0.25, 0.3) is 0 Å². The number of primary sulfonamides is 1. The molecule has 0 spiro atoms. The Labute approximate surface area is 152 Å². The number of nitrogens with two attached hydrogens (primary N) is 1. The second-order valence-corrected chi connectivity index (χ2v) is 8.77. The van der Waals surface area contributed by atoms with Crippen molar-refractivity contribution in [1.82, 2.24) is 10.2 Å². The zero-order chi connectivity index (χ0) is 18.8. The summed E-state index contributed by atoms with van der Waals surface area (Å²) in [4.78, 5) is 26.6. The molecule has 0 bridgehead atoms. The number of nitrogens with one attached hydrogen (secondary N) is 1. The normalized spacial score (nSPS) is 19.1. The van der Waals surface area contributed by atoms with Crippen molar-refractivity contribution in [3.8, 4) is 0 Å². The topological polar surface area (TPSA) is 110 Å². The maximum atomic E-state index is 12.7. The van der Waals surface area contributed by atoms with Gasteiger partial charge in [-0.15, -0.1) is 0 Å². The van der Waals surface area contributed by atoms with Gasteiger partial charge in [-0.25, -0.2) is 13.6 Å². The van der Waals surface area contributed by atoms with Crippen molar-refractivity contribution < 1.29 is 18.0 Å². The number of nitrogens with zero attached hydrogens (tertiary/aromatic N) is 1. The van der Waals surface area contributed by atoms with Gasteiger partial charge < -0.3 is 10.2 Å².